The number of aryl methyl sites for hydroxylation is 1. The predicted octanol–water partition coefficient (Wildman–Crippen LogP) is 3.40. The number of methoxy groups -OCH3 is 1. The van der Waals surface area contributed by atoms with Gasteiger partial charge in [-0.25, -0.2) is 0 Å². The number of amides is 1. The van der Waals surface area contributed by atoms with Gasteiger partial charge in [0.2, 0.25) is 5.91 Å². The van der Waals surface area contributed by atoms with Crippen LogP contribution in [0.5, 0.6) is 5.75 Å². The Labute approximate surface area is 190 Å². The molecule has 0 bridgehead atoms. The largest absolute Gasteiger partial charge is 0.496 e. The summed E-state index contributed by atoms with van der Waals surface area (Å²) in [6, 6.07) is 13.6. The van der Waals surface area contributed by atoms with Crippen LogP contribution in [0.1, 0.15) is 55.4 Å². The standard InChI is InChI=1S/C26H34N2O4/c1-3-25(30)28-14-6-7-19-17-20(10-11-22(19)28)23(29)18-27-15-12-26(31,13-16-27)21-8-4-5-9-24(21)32-2/h4-5,8-11,17,23,29,31H,3,6-7,12-16,18H2,1-2H3. The number of hydrogen-bond donors (Lipinski definition) is 2. The Bertz CT molecular complexity index is 953. The lowest BCUT2D eigenvalue weighted by atomic mass is 9.83. The molecule has 2 N–H and O–H groups in total. The van der Waals surface area contributed by atoms with Gasteiger partial charge < -0.3 is 24.7 Å². The molecule has 1 atom stereocenters. The second-order valence-corrected chi connectivity index (χ2v) is 8.94. The molecule has 1 amide bonds. The minimum absolute atomic E-state index is 0.148. The van der Waals surface area contributed by atoms with Crippen molar-refractivity contribution < 1.29 is 19.7 Å². The topological polar surface area (TPSA) is 73.2 Å². The lowest BCUT2D eigenvalue weighted by Gasteiger charge is -2.39. The number of carbonyl (C=O) groups excluding carboxylic acids is 1. The monoisotopic (exact) mass is 438 g/mol. The number of nitrogens with zero attached hydrogens (tertiary/aromatic N) is 2. The van der Waals surface area contributed by atoms with E-state index in [1.165, 1.54) is 0 Å². The number of fused-ring (bicyclic) bond motifs is 1. The van der Waals surface area contributed by atoms with Crippen LogP contribution in [0.3, 0.4) is 0 Å². The number of piperidine rings is 1. The molecule has 2 aromatic carbocycles. The van der Waals surface area contributed by atoms with Gasteiger partial charge in [0.1, 0.15) is 5.75 Å². The van der Waals surface area contributed by atoms with E-state index in [0.29, 0.717) is 44.6 Å². The molecule has 0 aliphatic carbocycles. The molecule has 2 aliphatic heterocycles. The van der Waals surface area contributed by atoms with Gasteiger partial charge in [-0.2, -0.15) is 0 Å². The Hall–Kier alpha value is -2.41. The van der Waals surface area contributed by atoms with E-state index in [0.717, 1.165) is 41.8 Å². The number of hydrogen-bond acceptors (Lipinski definition) is 5. The van der Waals surface area contributed by atoms with Crippen LogP contribution in [0, 0.1) is 0 Å². The molecule has 6 heteroatoms. The number of carbonyl (C=O) groups is 1. The van der Waals surface area contributed by atoms with Crippen LogP contribution >= 0.6 is 0 Å². The van der Waals surface area contributed by atoms with E-state index in [-0.39, 0.29) is 5.91 Å². The summed E-state index contributed by atoms with van der Waals surface area (Å²) in [5.41, 5.74) is 2.94. The van der Waals surface area contributed by atoms with Crippen LogP contribution in [-0.4, -0.2) is 54.3 Å². The van der Waals surface area contributed by atoms with Gasteiger partial charge in [0.25, 0.3) is 0 Å². The highest BCUT2D eigenvalue weighted by Crippen LogP contribution is 2.38. The van der Waals surface area contributed by atoms with E-state index in [9.17, 15) is 15.0 Å². The molecule has 1 fully saturated rings. The predicted molar refractivity (Wildman–Crippen MR) is 125 cm³/mol. The van der Waals surface area contributed by atoms with Gasteiger partial charge in [0.05, 0.1) is 18.8 Å². The fraction of sp³-hybridized carbons (Fsp3) is 0.500. The maximum absolute atomic E-state index is 12.2. The van der Waals surface area contributed by atoms with Gasteiger partial charge >= 0.3 is 0 Å². The van der Waals surface area contributed by atoms with Gasteiger partial charge in [0, 0.05) is 43.9 Å². The van der Waals surface area contributed by atoms with Crippen molar-refractivity contribution >= 4 is 11.6 Å². The zero-order valence-corrected chi connectivity index (χ0v) is 19.1. The minimum atomic E-state index is -0.908. The van der Waals surface area contributed by atoms with Crippen molar-refractivity contribution in [1.29, 1.82) is 0 Å². The first-order valence-corrected chi connectivity index (χ1v) is 11.6. The zero-order chi connectivity index (χ0) is 22.7. The van der Waals surface area contributed by atoms with Crippen LogP contribution in [0.2, 0.25) is 0 Å². The van der Waals surface area contributed by atoms with Crippen molar-refractivity contribution in [2.45, 2.75) is 50.7 Å². The highest BCUT2D eigenvalue weighted by Gasteiger charge is 2.36. The molecule has 2 aromatic rings. The van der Waals surface area contributed by atoms with Gasteiger partial charge in [-0.05, 0) is 48.9 Å². The highest BCUT2D eigenvalue weighted by molar-refractivity contribution is 5.94. The number of aliphatic hydroxyl groups is 2. The lowest BCUT2D eigenvalue weighted by molar-refractivity contribution is -0.118. The lowest BCUT2D eigenvalue weighted by Crippen LogP contribution is -2.44. The number of aliphatic hydroxyl groups excluding tert-OH is 1. The van der Waals surface area contributed by atoms with Crippen LogP contribution in [0.15, 0.2) is 42.5 Å². The average Bonchev–Trinajstić information content (AvgIpc) is 2.84. The number of para-hydroxylation sites is 1. The second kappa shape index (κ2) is 9.61. The SMILES string of the molecule is CCC(=O)N1CCCc2cc(C(O)CN3CCC(O)(c4ccccc4OC)CC3)ccc21. The first-order valence-electron chi connectivity index (χ1n) is 11.6. The Balaban J connectivity index is 1.40. The summed E-state index contributed by atoms with van der Waals surface area (Å²) < 4.78 is 5.45. The smallest absolute Gasteiger partial charge is 0.226 e. The number of anilines is 1. The molecule has 172 valence electrons. The third-order valence-corrected chi connectivity index (χ3v) is 6.93. The molecular formula is C26H34N2O4. The Morgan fingerprint density at radius 1 is 1.16 bits per heavy atom. The van der Waals surface area contributed by atoms with Crippen LogP contribution in [0.25, 0.3) is 0 Å². The molecule has 2 aliphatic rings. The van der Waals surface area contributed by atoms with Gasteiger partial charge in [-0.1, -0.05) is 37.3 Å². The Morgan fingerprint density at radius 2 is 1.91 bits per heavy atom. The van der Waals surface area contributed by atoms with Gasteiger partial charge in [-0.3, -0.25) is 4.79 Å². The molecule has 2 heterocycles. The van der Waals surface area contributed by atoms with Crippen LogP contribution in [-0.2, 0) is 16.8 Å². The summed E-state index contributed by atoms with van der Waals surface area (Å²) in [6.07, 6.45) is 2.97. The average molecular weight is 439 g/mol. The molecule has 0 aromatic heterocycles. The molecule has 0 spiro atoms. The van der Waals surface area contributed by atoms with E-state index < -0.39 is 11.7 Å². The number of benzene rings is 2. The van der Waals surface area contributed by atoms with E-state index in [1.54, 1.807) is 7.11 Å². The first-order chi connectivity index (χ1) is 15.4. The number of rotatable bonds is 6. The second-order valence-electron chi connectivity index (χ2n) is 8.94. The van der Waals surface area contributed by atoms with Crippen molar-refractivity contribution in [1.82, 2.24) is 4.90 Å². The molecule has 1 saturated heterocycles. The van der Waals surface area contributed by atoms with Gasteiger partial charge in [-0.15, -0.1) is 0 Å². The fourth-order valence-electron chi connectivity index (χ4n) is 5.03. The molecule has 1 unspecified atom stereocenters. The third-order valence-electron chi connectivity index (χ3n) is 6.93. The van der Waals surface area contributed by atoms with Crippen molar-refractivity contribution in [3.05, 3.63) is 59.2 Å². The van der Waals surface area contributed by atoms with Crippen LogP contribution < -0.4 is 9.64 Å². The van der Waals surface area contributed by atoms with Crippen molar-refractivity contribution in [3.8, 4) is 5.75 Å². The van der Waals surface area contributed by atoms with Crippen molar-refractivity contribution in [3.63, 3.8) is 0 Å². The van der Waals surface area contributed by atoms with E-state index >= 15 is 0 Å². The fourth-order valence-corrected chi connectivity index (χ4v) is 5.03. The van der Waals surface area contributed by atoms with Crippen molar-refractivity contribution in [2.75, 3.05) is 38.2 Å². The van der Waals surface area contributed by atoms with E-state index in [2.05, 4.69) is 11.0 Å². The molecule has 0 saturated carbocycles. The highest BCUT2D eigenvalue weighted by atomic mass is 16.5. The molecular weight excluding hydrogens is 404 g/mol. The van der Waals surface area contributed by atoms with E-state index in [4.69, 9.17) is 4.74 Å². The minimum Gasteiger partial charge on any atom is -0.496 e. The first kappa shape index (κ1) is 22.8. The summed E-state index contributed by atoms with van der Waals surface area (Å²) in [5.74, 6) is 0.864. The maximum atomic E-state index is 12.2. The maximum Gasteiger partial charge on any atom is 0.226 e. The van der Waals surface area contributed by atoms with E-state index in [1.807, 2.05) is 48.2 Å². The Kier molecular flexibility index (Phi) is 6.84. The molecule has 4 rings (SSSR count). The summed E-state index contributed by atoms with van der Waals surface area (Å²) in [5, 5.41) is 22.2. The number of β-amino-alcohol motifs (C(OH)–C–C–N with tert-alkyl or cyclic N) is 1. The summed E-state index contributed by atoms with van der Waals surface area (Å²) in [4.78, 5) is 16.3. The number of likely N-dealkylation sites (tertiary alicyclic amines) is 1. The quantitative estimate of drug-likeness (QED) is 0.723. The summed E-state index contributed by atoms with van der Waals surface area (Å²) >= 11 is 0. The summed E-state index contributed by atoms with van der Waals surface area (Å²) in [6.45, 7) is 4.59. The van der Waals surface area contributed by atoms with Crippen LogP contribution in [0.4, 0.5) is 5.69 Å². The van der Waals surface area contributed by atoms with Crippen molar-refractivity contribution in [2.24, 2.45) is 0 Å². The van der Waals surface area contributed by atoms with Gasteiger partial charge in [0.15, 0.2) is 0 Å². The number of ether oxygens (including phenoxy) is 1. The zero-order valence-electron chi connectivity index (χ0n) is 19.1. The summed E-state index contributed by atoms with van der Waals surface area (Å²) in [7, 11) is 1.63. The molecule has 0 radical (unpaired) electrons. The molecule has 6 nitrogen and oxygen atoms in total. The Morgan fingerprint density at radius 3 is 2.62 bits per heavy atom. The normalized spacial score (nSPS) is 19.3. The molecule has 32 heavy (non-hydrogen) atoms. The third kappa shape index (κ3) is 4.53.